The monoisotopic (exact) mass is 386 g/mol. The van der Waals surface area contributed by atoms with Gasteiger partial charge in [0.2, 0.25) is 5.91 Å². The van der Waals surface area contributed by atoms with Crippen LogP contribution in [0.3, 0.4) is 0 Å². The van der Waals surface area contributed by atoms with Crippen LogP contribution in [0.5, 0.6) is 0 Å². The molecule has 6 heteroatoms. The Bertz CT molecular complexity index is 1030. The van der Waals surface area contributed by atoms with Crippen LogP contribution >= 0.6 is 0 Å². The van der Waals surface area contributed by atoms with E-state index in [9.17, 15) is 9.59 Å². The Morgan fingerprint density at radius 3 is 2.45 bits per heavy atom. The second-order valence-electron chi connectivity index (χ2n) is 7.86. The number of nitrogens with one attached hydrogen (secondary N) is 1. The van der Waals surface area contributed by atoms with Crippen LogP contribution in [0.25, 0.3) is 11.1 Å². The van der Waals surface area contributed by atoms with Gasteiger partial charge in [-0.15, -0.1) is 0 Å². The molecule has 5 rings (SSSR count). The van der Waals surface area contributed by atoms with Gasteiger partial charge < -0.3 is 9.80 Å². The summed E-state index contributed by atoms with van der Waals surface area (Å²) in [6.07, 6.45) is 5.14. The molecular weight excluding hydrogens is 364 g/mol. The van der Waals surface area contributed by atoms with E-state index < -0.39 is 5.41 Å². The molecule has 1 aromatic heterocycles. The van der Waals surface area contributed by atoms with Gasteiger partial charge in [0.25, 0.3) is 5.91 Å². The molecule has 1 atom stereocenters. The summed E-state index contributed by atoms with van der Waals surface area (Å²) in [5, 5.41) is 6.80. The van der Waals surface area contributed by atoms with Crippen LogP contribution in [0.2, 0.25) is 0 Å². The third kappa shape index (κ3) is 3.01. The molecule has 0 saturated carbocycles. The third-order valence-corrected chi connectivity index (χ3v) is 6.19. The molecule has 2 saturated heterocycles. The molecule has 1 N–H and O–H groups in total. The minimum Gasteiger partial charge on any atom is -0.338 e. The Labute approximate surface area is 169 Å². The number of hydrogen-bond donors (Lipinski definition) is 1. The topological polar surface area (TPSA) is 69.3 Å². The lowest BCUT2D eigenvalue weighted by atomic mass is 9.85. The average molecular weight is 386 g/mol. The number of hydrogen-bond acceptors (Lipinski definition) is 3. The number of nitrogens with zero attached hydrogens (tertiary/aromatic N) is 3. The van der Waals surface area contributed by atoms with E-state index in [2.05, 4.69) is 10.2 Å². The van der Waals surface area contributed by atoms with E-state index in [1.165, 1.54) is 0 Å². The Morgan fingerprint density at radius 1 is 0.966 bits per heavy atom. The van der Waals surface area contributed by atoms with Gasteiger partial charge in [0.05, 0.1) is 11.6 Å². The van der Waals surface area contributed by atoms with Crippen molar-refractivity contribution in [1.82, 2.24) is 15.1 Å². The summed E-state index contributed by atoms with van der Waals surface area (Å²) in [7, 11) is 0. The van der Waals surface area contributed by atoms with Gasteiger partial charge >= 0.3 is 0 Å². The predicted octanol–water partition coefficient (Wildman–Crippen LogP) is 3.35. The third-order valence-electron chi connectivity index (χ3n) is 6.19. The number of aromatic amines is 1. The van der Waals surface area contributed by atoms with Gasteiger partial charge in [-0.3, -0.25) is 14.7 Å². The normalized spacial score (nSPS) is 21.3. The van der Waals surface area contributed by atoms with E-state index in [0.29, 0.717) is 25.2 Å². The summed E-state index contributed by atoms with van der Waals surface area (Å²) in [4.78, 5) is 29.8. The predicted molar refractivity (Wildman–Crippen MR) is 110 cm³/mol. The Kier molecular flexibility index (Phi) is 4.19. The Morgan fingerprint density at radius 2 is 1.72 bits per heavy atom. The first-order chi connectivity index (χ1) is 14.2. The molecule has 3 aromatic rings. The molecule has 29 heavy (non-hydrogen) atoms. The molecule has 1 unspecified atom stereocenters. The zero-order chi connectivity index (χ0) is 19.8. The van der Waals surface area contributed by atoms with Crippen molar-refractivity contribution in [3.8, 4) is 11.1 Å². The second-order valence-corrected chi connectivity index (χ2v) is 7.86. The minimum absolute atomic E-state index is 0.0122. The van der Waals surface area contributed by atoms with E-state index in [4.69, 9.17) is 0 Å². The first-order valence-electron chi connectivity index (χ1n) is 9.92. The van der Waals surface area contributed by atoms with Crippen molar-refractivity contribution in [2.45, 2.75) is 12.8 Å². The Hall–Kier alpha value is -3.41. The maximum absolute atomic E-state index is 13.3. The Balaban J connectivity index is 1.32. The van der Waals surface area contributed by atoms with Crippen molar-refractivity contribution in [3.05, 3.63) is 72.6 Å². The summed E-state index contributed by atoms with van der Waals surface area (Å²) >= 11 is 0. The van der Waals surface area contributed by atoms with Crippen LogP contribution in [-0.4, -0.2) is 46.5 Å². The maximum atomic E-state index is 13.3. The first-order valence-corrected chi connectivity index (χ1v) is 9.92. The largest absolute Gasteiger partial charge is 0.338 e. The number of carbonyl (C=O) groups is 2. The molecule has 2 aliphatic rings. The van der Waals surface area contributed by atoms with Crippen molar-refractivity contribution in [1.29, 1.82) is 0 Å². The lowest BCUT2D eigenvalue weighted by molar-refractivity contribution is -0.124. The molecule has 6 nitrogen and oxygen atoms in total. The molecule has 0 bridgehead atoms. The number of likely N-dealkylation sites (tertiary alicyclic amines) is 1. The highest BCUT2D eigenvalue weighted by molar-refractivity contribution is 6.02. The van der Waals surface area contributed by atoms with Gasteiger partial charge in [0.1, 0.15) is 0 Å². The summed E-state index contributed by atoms with van der Waals surface area (Å²) in [5.41, 5.74) is 3.22. The fraction of sp³-hybridized carbons (Fsp3) is 0.261. The highest BCUT2D eigenvalue weighted by Gasteiger charge is 2.52. The average Bonchev–Trinajstić information content (AvgIpc) is 3.51. The summed E-state index contributed by atoms with van der Waals surface area (Å²) in [5.74, 6) is 0.148. The number of benzene rings is 2. The van der Waals surface area contributed by atoms with Crippen LogP contribution in [0.1, 0.15) is 23.2 Å². The zero-order valence-electron chi connectivity index (χ0n) is 16.0. The van der Waals surface area contributed by atoms with Crippen LogP contribution in [-0.2, 0) is 4.79 Å². The molecule has 0 aliphatic carbocycles. The number of rotatable bonds is 3. The molecule has 2 amide bonds. The molecule has 1 spiro atoms. The highest BCUT2D eigenvalue weighted by atomic mass is 16.2. The van der Waals surface area contributed by atoms with E-state index in [-0.39, 0.29) is 11.8 Å². The summed E-state index contributed by atoms with van der Waals surface area (Å²) < 4.78 is 0. The van der Waals surface area contributed by atoms with E-state index in [1.54, 1.807) is 6.20 Å². The van der Waals surface area contributed by atoms with Crippen LogP contribution in [0.15, 0.2) is 67.0 Å². The van der Waals surface area contributed by atoms with Gasteiger partial charge in [-0.05, 0) is 42.7 Å². The van der Waals surface area contributed by atoms with E-state index in [1.807, 2.05) is 70.6 Å². The van der Waals surface area contributed by atoms with Gasteiger partial charge in [-0.1, -0.05) is 30.3 Å². The maximum Gasteiger partial charge on any atom is 0.253 e. The molecule has 0 radical (unpaired) electrons. The van der Waals surface area contributed by atoms with Crippen LogP contribution in [0, 0.1) is 5.41 Å². The van der Waals surface area contributed by atoms with E-state index in [0.717, 1.165) is 29.7 Å². The number of H-pyrrole nitrogens is 1. The zero-order valence-corrected chi connectivity index (χ0v) is 16.0. The first kappa shape index (κ1) is 17.7. The van der Waals surface area contributed by atoms with Crippen molar-refractivity contribution >= 4 is 17.5 Å². The molecule has 2 aromatic carbocycles. The van der Waals surface area contributed by atoms with Crippen molar-refractivity contribution < 1.29 is 9.59 Å². The molecule has 3 heterocycles. The molecular formula is C23H22N4O2. The molecule has 146 valence electrons. The van der Waals surface area contributed by atoms with Crippen molar-refractivity contribution in [2.24, 2.45) is 5.41 Å². The van der Waals surface area contributed by atoms with Gasteiger partial charge in [-0.25, -0.2) is 0 Å². The highest BCUT2D eigenvalue weighted by Crippen LogP contribution is 2.42. The smallest absolute Gasteiger partial charge is 0.253 e. The van der Waals surface area contributed by atoms with Gasteiger partial charge in [0.15, 0.2) is 0 Å². The summed E-state index contributed by atoms with van der Waals surface area (Å²) in [6.45, 7) is 1.83. The lowest BCUT2D eigenvalue weighted by Gasteiger charge is -2.24. The standard InChI is InChI=1S/C23H22N4O2/c28-21(18-4-2-1-3-5-18)26-12-10-23(16-26)11-13-27(22(23)29)20-8-6-17(7-9-20)19-14-24-25-15-19/h1-9,14-15H,10-13,16H2,(H,24,25). The van der Waals surface area contributed by atoms with Crippen molar-refractivity contribution in [2.75, 3.05) is 24.5 Å². The molecule has 2 aliphatic heterocycles. The van der Waals surface area contributed by atoms with Gasteiger partial charge in [-0.2, -0.15) is 5.10 Å². The van der Waals surface area contributed by atoms with E-state index >= 15 is 0 Å². The van der Waals surface area contributed by atoms with Crippen molar-refractivity contribution in [3.63, 3.8) is 0 Å². The quantitative estimate of drug-likeness (QED) is 0.751. The van der Waals surface area contributed by atoms with Gasteiger partial charge in [0, 0.05) is 42.6 Å². The number of amides is 2. The second kappa shape index (κ2) is 6.88. The fourth-order valence-electron chi connectivity index (χ4n) is 4.50. The fourth-order valence-corrected chi connectivity index (χ4v) is 4.50. The van der Waals surface area contributed by atoms with Crippen LogP contribution < -0.4 is 4.90 Å². The SMILES string of the molecule is O=C(c1ccccc1)N1CCC2(CCN(c3ccc(-c4cn[nH]c4)cc3)C2=O)C1. The minimum atomic E-state index is -0.451. The van der Waals surface area contributed by atoms with Crippen LogP contribution in [0.4, 0.5) is 5.69 Å². The lowest BCUT2D eigenvalue weighted by Crippen LogP contribution is -2.38. The number of carbonyl (C=O) groups excluding carboxylic acids is 2. The number of aromatic nitrogens is 2. The number of anilines is 1. The molecule has 2 fully saturated rings. The summed E-state index contributed by atoms with van der Waals surface area (Å²) in [6, 6.07) is 17.3.